The molecule has 0 fully saturated rings. The third-order valence-electron chi connectivity index (χ3n) is 3.53. The number of aliphatic carboxylic acids is 1. The summed E-state index contributed by atoms with van der Waals surface area (Å²) in [4.78, 5) is 21.9. The van der Waals surface area contributed by atoms with Gasteiger partial charge in [0.25, 0.3) is 5.69 Å². The number of hydrogen-bond acceptors (Lipinski definition) is 5. The molecule has 0 aromatic heterocycles. The molecular formula is C15H13N3O4. The number of dihydropyridines is 1. The van der Waals surface area contributed by atoms with Gasteiger partial charge in [-0.3, -0.25) is 10.1 Å². The van der Waals surface area contributed by atoms with Gasteiger partial charge in [-0.05, 0) is 19.4 Å². The number of rotatable bonds is 3. The number of nitro benzene ring substituents is 1. The van der Waals surface area contributed by atoms with Crippen molar-refractivity contribution in [3.05, 3.63) is 62.5 Å². The summed E-state index contributed by atoms with van der Waals surface area (Å²) in [7, 11) is 0. The molecule has 112 valence electrons. The van der Waals surface area contributed by atoms with Gasteiger partial charge in [0.05, 0.1) is 28.1 Å². The van der Waals surface area contributed by atoms with Crippen molar-refractivity contribution < 1.29 is 14.8 Å². The van der Waals surface area contributed by atoms with E-state index in [4.69, 9.17) is 0 Å². The maximum atomic E-state index is 11.6. The summed E-state index contributed by atoms with van der Waals surface area (Å²) in [5, 5.41) is 32.6. The summed E-state index contributed by atoms with van der Waals surface area (Å²) in [6.45, 7) is 3.27. The number of carbonyl (C=O) groups is 1. The molecule has 1 aromatic carbocycles. The fourth-order valence-electron chi connectivity index (χ4n) is 2.58. The molecule has 7 nitrogen and oxygen atoms in total. The summed E-state index contributed by atoms with van der Waals surface area (Å²) in [5.41, 5.74) is 1.48. The van der Waals surface area contributed by atoms with Crippen molar-refractivity contribution in [1.82, 2.24) is 5.32 Å². The SMILES string of the molecule is CC1=C(C#N)C(c2cccc([N+](=O)[O-])c2)C(C(=O)O)=C(C)N1. The van der Waals surface area contributed by atoms with E-state index < -0.39 is 16.8 Å². The molecule has 0 radical (unpaired) electrons. The first-order valence-corrected chi connectivity index (χ1v) is 6.43. The van der Waals surface area contributed by atoms with Crippen molar-refractivity contribution in [2.45, 2.75) is 19.8 Å². The molecule has 2 rings (SSSR count). The minimum Gasteiger partial charge on any atom is -0.478 e. The number of benzene rings is 1. The molecule has 1 aromatic rings. The van der Waals surface area contributed by atoms with Gasteiger partial charge in [-0.2, -0.15) is 5.26 Å². The Labute approximate surface area is 126 Å². The predicted octanol–water partition coefficient (Wildman–Crippen LogP) is 2.44. The number of nitrogens with one attached hydrogen (secondary N) is 1. The topological polar surface area (TPSA) is 116 Å². The average molecular weight is 299 g/mol. The van der Waals surface area contributed by atoms with Gasteiger partial charge in [0.1, 0.15) is 0 Å². The van der Waals surface area contributed by atoms with Crippen LogP contribution < -0.4 is 5.32 Å². The summed E-state index contributed by atoms with van der Waals surface area (Å²) in [6, 6.07) is 7.70. The molecule has 1 heterocycles. The molecule has 0 saturated heterocycles. The van der Waals surface area contributed by atoms with E-state index in [-0.39, 0.29) is 16.8 Å². The van der Waals surface area contributed by atoms with Crippen LogP contribution in [-0.2, 0) is 4.79 Å². The Morgan fingerprint density at radius 3 is 2.64 bits per heavy atom. The lowest BCUT2D eigenvalue weighted by molar-refractivity contribution is -0.384. The Morgan fingerprint density at radius 1 is 1.41 bits per heavy atom. The first kappa shape index (κ1) is 15.3. The smallest absolute Gasteiger partial charge is 0.334 e. The second kappa shape index (κ2) is 5.69. The number of carboxylic acids is 1. The number of nitriles is 1. The zero-order valence-corrected chi connectivity index (χ0v) is 12.0. The highest BCUT2D eigenvalue weighted by molar-refractivity contribution is 5.91. The quantitative estimate of drug-likeness (QED) is 0.654. The van der Waals surface area contributed by atoms with Crippen LogP contribution in [0.4, 0.5) is 5.69 Å². The predicted molar refractivity (Wildman–Crippen MR) is 77.6 cm³/mol. The third-order valence-corrected chi connectivity index (χ3v) is 3.53. The second-order valence-electron chi connectivity index (χ2n) is 4.90. The maximum absolute atomic E-state index is 11.6. The number of nitro groups is 1. The standard InChI is InChI=1S/C15H13N3O4/c1-8-12(7-16)14(13(15(19)20)9(2)17-8)10-4-3-5-11(6-10)18(21)22/h3-6,14,17H,1-2H3,(H,19,20). The lowest BCUT2D eigenvalue weighted by Crippen LogP contribution is -2.27. The van der Waals surface area contributed by atoms with E-state index in [0.29, 0.717) is 17.0 Å². The fraction of sp³-hybridized carbons (Fsp3) is 0.200. The molecule has 1 unspecified atom stereocenters. The Morgan fingerprint density at radius 2 is 2.09 bits per heavy atom. The summed E-state index contributed by atoms with van der Waals surface area (Å²) in [5.74, 6) is -1.99. The third kappa shape index (κ3) is 2.54. The average Bonchev–Trinajstić information content (AvgIpc) is 2.46. The van der Waals surface area contributed by atoms with Crippen molar-refractivity contribution >= 4 is 11.7 Å². The molecule has 0 spiro atoms. The van der Waals surface area contributed by atoms with Crippen LogP contribution in [0.15, 0.2) is 46.8 Å². The van der Waals surface area contributed by atoms with Crippen LogP contribution in [0.1, 0.15) is 25.3 Å². The minimum absolute atomic E-state index is 0.0163. The van der Waals surface area contributed by atoms with Crippen LogP contribution in [0, 0.1) is 21.4 Å². The molecular weight excluding hydrogens is 286 g/mol. The molecule has 2 N–H and O–H groups in total. The number of non-ortho nitro benzene ring substituents is 1. The number of nitrogens with zero attached hydrogens (tertiary/aromatic N) is 2. The van der Waals surface area contributed by atoms with Gasteiger partial charge in [-0.25, -0.2) is 4.79 Å². The van der Waals surface area contributed by atoms with E-state index in [1.807, 2.05) is 6.07 Å². The molecule has 0 aliphatic carbocycles. The van der Waals surface area contributed by atoms with Crippen LogP contribution in [0.3, 0.4) is 0 Å². The highest BCUT2D eigenvalue weighted by atomic mass is 16.6. The highest BCUT2D eigenvalue weighted by Gasteiger charge is 2.33. The Hall–Kier alpha value is -3.14. The number of carboxylic acid groups (broad SMARTS) is 1. The molecule has 1 aliphatic rings. The monoisotopic (exact) mass is 299 g/mol. The van der Waals surface area contributed by atoms with Gasteiger partial charge in [0, 0.05) is 23.5 Å². The Kier molecular flexibility index (Phi) is 3.95. The van der Waals surface area contributed by atoms with Gasteiger partial charge < -0.3 is 10.4 Å². The largest absolute Gasteiger partial charge is 0.478 e. The van der Waals surface area contributed by atoms with E-state index in [1.165, 1.54) is 18.2 Å². The van der Waals surface area contributed by atoms with E-state index in [1.54, 1.807) is 19.9 Å². The molecule has 0 amide bonds. The first-order valence-electron chi connectivity index (χ1n) is 6.43. The van der Waals surface area contributed by atoms with E-state index >= 15 is 0 Å². The number of hydrogen-bond donors (Lipinski definition) is 2. The van der Waals surface area contributed by atoms with Crippen LogP contribution in [0.5, 0.6) is 0 Å². The highest BCUT2D eigenvalue weighted by Crippen LogP contribution is 2.38. The van der Waals surface area contributed by atoms with Gasteiger partial charge in [-0.1, -0.05) is 12.1 Å². The lowest BCUT2D eigenvalue weighted by Gasteiger charge is -2.27. The summed E-state index contributed by atoms with van der Waals surface area (Å²) in [6.07, 6.45) is 0. The van der Waals surface area contributed by atoms with Crippen LogP contribution in [0.25, 0.3) is 0 Å². The Bertz CT molecular complexity index is 771. The second-order valence-corrected chi connectivity index (χ2v) is 4.90. The molecule has 0 bridgehead atoms. The first-order chi connectivity index (χ1) is 10.4. The lowest BCUT2D eigenvalue weighted by atomic mass is 9.81. The summed E-state index contributed by atoms with van der Waals surface area (Å²) < 4.78 is 0. The van der Waals surface area contributed by atoms with Crippen molar-refractivity contribution in [2.24, 2.45) is 0 Å². The zero-order chi connectivity index (χ0) is 16.4. The number of allylic oxidation sites excluding steroid dienone is 3. The van der Waals surface area contributed by atoms with Crippen molar-refractivity contribution in [1.29, 1.82) is 5.26 Å². The molecule has 0 saturated carbocycles. The summed E-state index contributed by atoms with van der Waals surface area (Å²) >= 11 is 0. The van der Waals surface area contributed by atoms with Gasteiger partial charge in [0.2, 0.25) is 0 Å². The van der Waals surface area contributed by atoms with Gasteiger partial charge >= 0.3 is 5.97 Å². The van der Waals surface area contributed by atoms with Crippen molar-refractivity contribution in [2.75, 3.05) is 0 Å². The molecule has 1 aliphatic heterocycles. The van der Waals surface area contributed by atoms with Gasteiger partial charge in [-0.15, -0.1) is 0 Å². The van der Waals surface area contributed by atoms with E-state index in [0.717, 1.165) is 0 Å². The van der Waals surface area contributed by atoms with Crippen molar-refractivity contribution in [3.8, 4) is 6.07 Å². The molecule has 22 heavy (non-hydrogen) atoms. The van der Waals surface area contributed by atoms with Crippen molar-refractivity contribution in [3.63, 3.8) is 0 Å². The molecule has 7 heteroatoms. The van der Waals surface area contributed by atoms with E-state index in [2.05, 4.69) is 5.32 Å². The van der Waals surface area contributed by atoms with Crippen LogP contribution >= 0.6 is 0 Å². The zero-order valence-electron chi connectivity index (χ0n) is 12.0. The maximum Gasteiger partial charge on any atom is 0.334 e. The van der Waals surface area contributed by atoms with Crippen LogP contribution in [-0.4, -0.2) is 16.0 Å². The normalized spacial score (nSPS) is 17.8. The molecule has 1 atom stereocenters. The van der Waals surface area contributed by atoms with E-state index in [9.17, 15) is 25.3 Å². The minimum atomic E-state index is -1.17. The van der Waals surface area contributed by atoms with Crippen LogP contribution in [0.2, 0.25) is 0 Å². The fourth-order valence-corrected chi connectivity index (χ4v) is 2.58. The Balaban J connectivity index is 2.68. The van der Waals surface area contributed by atoms with Gasteiger partial charge in [0.15, 0.2) is 0 Å².